The predicted molar refractivity (Wildman–Crippen MR) is 88.0 cm³/mol. The van der Waals surface area contributed by atoms with Crippen molar-refractivity contribution >= 4 is 28.2 Å². The van der Waals surface area contributed by atoms with Gasteiger partial charge in [-0.2, -0.15) is 4.98 Å². The molecule has 2 N–H and O–H groups in total. The molecule has 0 saturated carbocycles. The molecule has 0 atom stereocenters. The fourth-order valence-corrected chi connectivity index (χ4v) is 2.22. The quantitative estimate of drug-likeness (QED) is 0.734. The van der Waals surface area contributed by atoms with Crippen LogP contribution in [0, 0.1) is 0 Å². The SMILES string of the molecule is CCCNc1nccc(Nc2cccc3ccccc23)n1. The van der Waals surface area contributed by atoms with Crippen molar-refractivity contribution in [1.82, 2.24) is 9.97 Å². The molecule has 1 aromatic heterocycles. The zero-order valence-electron chi connectivity index (χ0n) is 12.0. The maximum atomic E-state index is 4.48. The summed E-state index contributed by atoms with van der Waals surface area (Å²) in [6, 6.07) is 16.4. The minimum atomic E-state index is 0.655. The number of hydrogen-bond donors (Lipinski definition) is 2. The summed E-state index contributed by atoms with van der Waals surface area (Å²) in [5.74, 6) is 1.45. The first-order valence-electron chi connectivity index (χ1n) is 7.18. The van der Waals surface area contributed by atoms with E-state index in [9.17, 15) is 0 Å². The summed E-state index contributed by atoms with van der Waals surface area (Å²) in [6.45, 7) is 2.99. The van der Waals surface area contributed by atoms with Crippen molar-refractivity contribution in [2.45, 2.75) is 13.3 Å². The van der Waals surface area contributed by atoms with Crippen LogP contribution in [0.5, 0.6) is 0 Å². The average molecular weight is 278 g/mol. The van der Waals surface area contributed by atoms with Gasteiger partial charge < -0.3 is 10.6 Å². The lowest BCUT2D eigenvalue weighted by Crippen LogP contribution is -2.05. The van der Waals surface area contributed by atoms with Gasteiger partial charge in [0, 0.05) is 23.8 Å². The average Bonchev–Trinajstić information content (AvgIpc) is 2.54. The van der Waals surface area contributed by atoms with E-state index >= 15 is 0 Å². The minimum Gasteiger partial charge on any atom is -0.354 e. The van der Waals surface area contributed by atoms with Crippen LogP contribution in [0.1, 0.15) is 13.3 Å². The Morgan fingerprint density at radius 2 is 1.86 bits per heavy atom. The molecule has 0 bridgehead atoms. The Labute approximate surface area is 124 Å². The first-order valence-corrected chi connectivity index (χ1v) is 7.18. The fraction of sp³-hybridized carbons (Fsp3) is 0.176. The number of nitrogens with zero attached hydrogens (tertiary/aromatic N) is 2. The Hall–Kier alpha value is -2.62. The zero-order valence-corrected chi connectivity index (χ0v) is 12.0. The molecule has 0 radical (unpaired) electrons. The molecule has 0 fully saturated rings. The van der Waals surface area contributed by atoms with Crippen molar-refractivity contribution in [2.24, 2.45) is 0 Å². The number of anilines is 3. The molecule has 3 rings (SSSR count). The third-order valence-electron chi connectivity index (χ3n) is 3.24. The number of fused-ring (bicyclic) bond motifs is 1. The number of hydrogen-bond acceptors (Lipinski definition) is 4. The highest BCUT2D eigenvalue weighted by molar-refractivity contribution is 5.95. The van der Waals surface area contributed by atoms with Crippen molar-refractivity contribution < 1.29 is 0 Å². The summed E-state index contributed by atoms with van der Waals surface area (Å²) in [5.41, 5.74) is 1.05. The van der Waals surface area contributed by atoms with Crippen LogP contribution in [0.3, 0.4) is 0 Å². The van der Waals surface area contributed by atoms with Crippen molar-refractivity contribution in [3.63, 3.8) is 0 Å². The predicted octanol–water partition coefficient (Wildman–Crippen LogP) is 4.20. The summed E-state index contributed by atoms with van der Waals surface area (Å²) >= 11 is 0. The Morgan fingerprint density at radius 1 is 1.00 bits per heavy atom. The fourth-order valence-electron chi connectivity index (χ4n) is 2.22. The van der Waals surface area contributed by atoms with Gasteiger partial charge in [-0.15, -0.1) is 0 Å². The lowest BCUT2D eigenvalue weighted by molar-refractivity contribution is 0.953. The van der Waals surface area contributed by atoms with Gasteiger partial charge >= 0.3 is 0 Å². The van der Waals surface area contributed by atoms with Gasteiger partial charge in [0.2, 0.25) is 5.95 Å². The topological polar surface area (TPSA) is 49.8 Å². The monoisotopic (exact) mass is 278 g/mol. The second kappa shape index (κ2) is 6.22. The third-order valence-corrected chi connectivity index (χ3v) is 3.24. The van der Waals surface area contributed by atoms with Crippen LogP contribution in [-0.4, -0.2) is 16.5 Å². The van der Waals surface area contributed by atoms with E-state index in [1.807, 2.05) is 24.3 Å². The lowest BCUT2D eigenvalue weighted by atomic mass is 10.1. The molecule has 0 aliphatic heterocycles. The van der Waals surface area contributed by atoms with Crippen LogP contribution in [0.15, 0.2) is 54.7 Å². The lowest BCUT2D eigenvalue weighted by Gasteiger charge is -2.10. The van der Waals surface area contributed by atoms with Gasteiger partial charge in [-0.25, -0.2) is 4.98 Å². The van der Waals surface area contributed by atoms with Gasteiger partial charge in [-0.05, 0) is 23.9 Å². The van der Waals surface area contributed by atoms with E-state index in [0.717, 1.165) is 24.5 Å². The molecule has 1 heterocycles. The molecule has 0 aliphatic carbocycles. The van der Waals surface area contributed by atoms with Crippen molar-refractivity contribution in [2.75, 3.05) is 17.2 Å². The van der Waals surface area contributed by atoms with E-state index in [2.05, 4.69) is 51.8 Å². The second-order valence-corrected chi connectivity index (χ2v) is 4.84. The van der Waals surface area contributed by atoms with Crippen LogP contribution in [0.25, 0.3) is 10.8 Å². The second-order valence-electron chi connectivity index (χ2n) is 4.84. The van der Waals surface area contributed by atoms with Gasteiger partial charge in [0.15, 0.2) is 0 Å². The Balaban J connectivity index is 1.88. The Kier molecular flexibility index (Phi) is 3.96. The van der Waals surface area contributed by atoms with E-state index in [4.69, 9.17) is 0 Å². The number of aromatic nitrogens is 2. The molecule has 4 nitrogen and oxygen atoms in total. The molecular formula is C17H18N4. The molecule has 106 valence electrons. The summed E-state index contributed by atoms with van der Waals surface area (Å²) in [6.07, 6.45) is 2.81. The van der Waals surface area contributed by atoms with E-state index in [-0.39, 0.29) is 0 Å². The van der Waals surface area contributed by atoms with Crippen molar-refractivity contribution in [3.05, 3.63) is 54.7 Å². The van der Waals surface area contributed by atoms with Crippen molar-refractivity contribution in [3.8, 4) is 0 Å². The largest absolute Gasteiger partial charge is 0.354 e. The molecule has 0 aliphatic rings. The standard InChI is InChI=1S/C17H18N4/c1-2-11-18-17-19-12-10-16(21-17)20-15-9-5-7-13-6-3-4-8-14(13)15/h3-10,12H,2,11H2,1H3,(H2,18,19,20,21). The molecular weight excluding hydrogens is 260 g/mol. The molecule has 3 aromatic rings. The highest BCUT2D eigenvalue weighted by Gasteiger charge is 2.03. The highest BCUT2D eigenvalue weighted by Crippen LogP contribution is 2.25. The van der Waals surface area contributed by atoms with Gasteiger partial charge in [0.25, 0.3) is 0 Å². The molecule has 0 unspecified atom stereocenters. The van der Waals surface area contributed by atoms with Gasteiger partial charge in [-0.1, -0.05) is 43.3 Å². The van der Waals surface area contributed by atoms with Crippen LogP contribution >= 0.6 is 0 Å². The third kappa shape index (κ3) is 3.11. The molecule has 0 saturated heterocycles. The molecule has 4 heteroatoms. The van der Waals surface area contributed by atoms with Gasteiger partial charge in [0.05, 0.1) is 0 Å². The summed E-state index contributed by atoms with van der Waals surface area (Å²) in [4.78, 5) is 8.70. The summed E-state index contributed by atoms with van der Waals surface area (Å²) in [5, 5.41) is 8.96. The summed E-state index contributed by atoms with van der Waals surface area (Å²) < 4.78 is 0. The Bertz CT molecular complexity index is 734. The van der Waals surface area contributed by atoms with Crippen molar-refractivity contribution in [1.29, 1.82) is 0 Å². The zero-order chi connectivity index (χ0) is 14.5. The van der Waals surface area contributed by atoms with E-state index < -0.39 is 0 Å². The Morgan fingerprint density at radius 3 is 2.76 bits per heavy atom. The maximum absolute atomic E-state index is 4.48. The first kappa shape index (κ1) is 13.4. The highest BCUT2D eigenvalue weighted by atomic mass is 15.1. The first-order chi connectivity index (χ1) is 10.4. The van der Waals surface area contributed by atoms with Gasteiger partial charge in [0.1, 0.15) is 5.82 Å². The molecule has 2 aromatic carbocycles. The van der Waals surface area contributed by atoms with Crippen LogP contribution in [0.2, 0.25) is 0 Å². The van der Waals surface area contributed by atoms with E-state index in [1.54, 1.807) is 6.20 Å². The van der Waals surface area contributed by atoms with Crippen LogP contribution in [-0.2, 0) is 0 Å². The number of rotatable bonds is 5. The molecule has 21 heavy (non-hydrogen) atoms. The van der Waals surface area contributed by atoms with Gasteiger partial charge in [-0.3, -0.25) is 0 Å². The number of nitrogens with one attached hydrogen (secondary N) is 2. The number of benzene rings is 2. The van der Waals surface area contributed by atoms with Crippen LogP contribution < -0.4 is 10.6 Å². The van der Waals surface area contributed by atoms with E-state index in [1.165, 1.54) is 10.8 Å². The minimum absolute atomic E-state index is 0.655. The molecule has 0 amide bonds. The maximum Gasteiger partial charge on any atom is 0.224 e. The smallest absolute Gasteiger partial charge is 0.224 e. The summed E-state index contributed by atoms with van der Waals surface area (Å²) in [7, 11) is 0. The van der Waals surface area contributed by atoms with E-state index in [0.29, 0.717) is 5.95 Å². The normalized spacial score (nSPS) is 10.5. The molecule has 0 spiro atoms. The van der Waals surface area contributed by atoms with Crippen LogP contribution in [0.4, 0.5) is 17.5 Å².